The standard InChI is InChI=1S/C15H16N4O2S/c1-18-10-16-17-15(18)22-9-13(20)11-4-6-12(7-5-11)19-8-2-3-14(19)21/h4-7,10H,2-3,8-9H2,1H3. The van der Waals surface area contributed by atoms with Crippen LogP contribution in [0.2, 0.25) is 0 Å². The molecule has 1 fully saturated rings. The van der Waals surface area contributed by atoms with Gasteiger partial charge in [-0.25, -0.2) is 0 Å². The van der Waals surface area contributed by atoms with Crippen LogP contribution in [0.4, 0.5) is 5.69 Å². The Bertz CT molecular complexity index is 696. The number of nitrogens with zero attached hydrogens (tertiary/aromatic N) is 4. The number of ketones is 1. The summed E-state index contributed by atoms with van der Waals surface area (Å²) >= 11 is 1.36. The number of benzene rings is 1. The zero-order valence-corrected chi connectivity index (χ0v) is 13.0. The van der Waals surface area contributed by atoms with Crippen molar-refractivity contribution in [2.24, 2.45) is 7.05 Å². The Labute approximate surface area is 132 Å². The summed E-state index contributed by atoms with van der Waals surface area (Å²) in [5.41, 5.74) is 1.50. The van der Waals surface area contributed by atoms with E-state index in [0.717, 1.165) is 18.7 Å². The highest BCUT2D eigenvalue weighted by Gasteiger charge is 2.21. The zero-order valence-electron chi connectivity index (χ0n) is 12.2. The molecule has 2 heterocycles. The van der Waals surface area contributed by atoms with E-state index in [9.17, 15) is 9.59 Å². The molecule has 114 valence electrons. The van der Waals surface area contributed by atoms with Crippen molar-refractivity contribution in [3.05, 3.63) is 36.2 Å². The number of aromatic nitrogens is 3. The van der Waals surface area contributed by atoms with E-state index in [4.69, 9.17) is 0 Å². The molecule has 0 saturated carbocycles. The van der Waals surface area contributed by atoms with Gasteiger partial charge >= 0.3 is 0 Å². The van der Waals surface area contributed by atoms with Crippen molar-refractivity contribution in [3.63, 3.8) is 0 Å². The number of aryl methyl sites for hydroxylation is 1. The molecule has 6 nitrogen and oxygen atoms in total. The van der Waals surface area contributed by atoms with Crippen molar-refractivity contribution in [1.29, 1.82) is 0 Å². The van der Waals surface area contributed by atoms with Gasteiger partial charge in [0, 0.05) is 31.3 Å². The number of Topliss-reactive ketones (excluding diaryl/α,β-unsaturated/α-hetero) is 1. The monoisotopic (exact) mass is 316 g/mol. The van der Waals surface area contributed by atoms with Crippen LogP contribution >= 0.6 is 11.8 Å². The van der Waals surface area contributed by atoms with Crippen molar-refractivity contribution < 1.29 is 9.59 Å². The normalized spacial score (nSPS) is 14.6. The van der Waals surface area contributed by atoms with Gasteiger partial charge in [0.2, 0.25) is 5.91 Å². The molecule has 0 radical (unpaired) electrons. The third-order valence-corrected chi connectivity index (χ3v) is 4.61. The SMILES string of the molecule is Cn1cnnc1SCC(=O)c1ccc(N2CCCC2=O)cc1. The van der Waals surface area contributed by atoms with E-state index in [1.54, 1.807) is 27.9 Å². The van der Waals surface area contributed by atoms with Gasteiger partial charge < -0.3 is 9.47 Å². The van der Waals surface area contributed by atoms with E-state index >= 15 is 0 Å². The summed E-state index contributed by atoms with van der Waals surface area (Å²) in [6, 6.07) is 7.23. The molecule has 1 amide bonds. The van der Waals surface area contributed by atoms with E-state index in [-0.39, 0.29) is 11.7 Å². The molecule has 7 heteroatoms. The van der Waals surface area contributed by atoms with Gasteiger partial charge in [0.05, 0.1) is 5.75 Å². The highest BCUT2D eigenvalue weighted by atomic mass is 32.2. The Hall–Kier alpha value is -2.15. The largest absolute Gasteiger partial charge is 0.312 e. The Morgan fingerprint density at radius 3 is 2.68 bits per heavy atom. The number of carbonyl (C=O) groups excluding carboxylic acids is 2. The fraction of sp³-hybridized carbons (Fsp3) is 0.333. The quantitative estimate of drug-likeness (QED) is 0.623. The van der Waals surface area contributed by atoms with Crippen LogP contribution in [0, 0.1) is 0 Å². The van der Waals surface area contributed by atoms with Crippen LogP contribution in [0.1, 0.15) is 23.2 Å². The highest BCUT2D eigenvalue weighted by Crippen LogP contribution is 2.22. The Morgan fingerprint density at radius 2 is 2.09 bits per heavy atom. The summed E-state index contributed by atoms with van der Waals surface area (Å²) in [5, 5.41) is 8.43. The molecule has 0 atom stereocenters. The zero-order chi connectivity index (χ0) is 15.5. The molecule has 1 aliphatic heterocycles. The first-order valence-corrected chi connectivity index (χ1v) is 8.04. The summed E-state index contributed by atoms with van der Waals surface area (Å²) in [5.74, 6) is 0.498. The smallest absolute Gasteiger partial charge is 0.227 e. The van der Waals surface area contributed by atoms with Gasteiger partial charge in [-0.05, 0) is 30.7 Å². The molecule has 0 unspecified atom stereocenters. The van der Waals surface area contributed by atoms with Gasteiger partial charge in [-0.1, -0.05) is 11.8 Å². The van der Waals surface area contributed by atoms with Crippen molar-refractivity contribution >= 4 is 29.1 Å². The summed E-state index contributed by atoms with van der Waals surface area (Å²) in [4.78, 5) is 25.7. The van der Waals surface area contributed by atoms with Crippen LogP contribution in [0.5, 0.6) is 0 Å². The molecule has 1 saturated heterocycles. The molecule has 0 aliphatic carbocycles. The van der Waals surface area contributed by atoms with Crippen molar-refractivity contribution in [3.8, 4) is 0 Å². The number of rotatable bonds is 5. The maximum atomic E-state index is 12.2. The first kappa shape index (κ1) is 14.8. The molecule has 22 heavy (non-hydrogen) atoms. The minimum absolute atomic E-state index is 0.0345. The van der Waals surface area contributed by atoms with E-state index in [1.807, 2.05) is 19.2 Å². The summed E-state index contributed by atoms with van der Waals surface area (Å²) < 4.78 is 1.78. The minimum Gasteiger partial charge on any atom is -0.312 e. The average Bonchev–Trinajstić information content (AvgIpc) is 3.13. The number of carbonyl (C=O) groups is 2. The third kappa shape index (κ3) is 3.04. The lowest BCUT2D eigenvalue weighted by Gasteiger charge is -2.15. The lowest BCUT2D eigenvalue weighted by atomic mass is 10.1. The molecular weight excluding hydrogens is 300 g/mol. The molecule has 3 rings (SSSR count). The Balaban J connectivity index is 1.63. The maximum absolute atomic E-state index is 12.2. The van der Waals surface area contributed by atoms with Gasteiger partial charge in [0.15, 0.2) is 10.9 Å². The fourth-order valence-electron chi connectivity index (χ4n) is 2.37. The van der Waals surface area contributed by atoms with Gasteiger partial charge in [-0.2, -0.15) is 0 Å². The van der Waals surface area contributed by atoms with Crippen molar-refractivity contribution in [1.82, 2.24) is 14.8 Å². The van der Waals surface area contributed by atoms with Crippen LogP contribution in [0.3, 0.4) is 0 Å². The van der Waals surface area contributed by atoms with Gasteiger partial charge in [0.25, 0.3) is 0 Å². The van der Waals surface area contributed by atoms with Crippen LogP contribution in [-0.4, -0.2) is 38.8 Å². The second-order valence-corrected chi connectivity index (χ2v) is 6.07. The lowest BCUT2D eigenvalue weighted by Crippen LogP contribution is -2.23. The van der Waals surface area contributed by atoms with Crippen molar-refractivity contribution in [2.75, 3.05) is 17.2 Å². The summed E-state index contributed by atoms with van der Waals surface area (Å²) in [6.07, 6.45) is 3.11. The molecule has 1 aliphatic rings. The topological polar surface area (TPSA) is 68.1 Å². The van der Waals surface area contributed by atoms with Gasteiger partial charge in [0.1, 0.15) is 6.33 Å². The molecule has 0 spiro atoms. The van der Waals surface area contributed by atoms with E-state index in [2.05, 4.69) is 10.2 Å². The molecule has 0 bridgehead atoms. The average molecular weight is 316 g/mol. The minimum atomic E-state index is 0.0345. The Kier molecular flexibility index (Phi) is 4.24. The molecular formula is C15H16N4O2S. The van der Waals surface area contributed by atoms with Gasteiger partial charge in [-0.3, -0.25) is 9.59 Å². The molecule has 1 aromatic heterocycles. The highest BCUT2D eigenvalue weighted by molar-refractivity contribution is 7.99. The second-order valence-electron chi connectivity index (χ2n) is 5.13. The van der Waals surface area contributed by atoms with Crippen LogP contribution in [0.25, 0.3) is 0 Å². The van der Waals surface area contributed by atoms with Crippen LogP contribution < -0.4 is 4.90 Å². The lowest BCUT2D eigenvalue weighted by molar-refractivity contribution is -0.117. The first-order valence-electron chi connectivity index (χ1n) is 7.05. The number of amides is 1. The maximum Gasteiger partial charge on any atom is 0.227 e. The van der Waals surface area contributed by atoms with E-state index in [0.29, 0.717) is 22.9 Å². The van der Waals surface area contributed by atoms with Crippen LogP contribution in [-0.2, 0) is 11.8 Å². The number of hydrogen-bond donors (Lipinski definition) is 0. The van der Waals surface area contributed by atoms with Crippen molar-refractivity contribution in [2.45, 2.75) is 18.0 Å². The molecule has 2 aromatic rings. The number of thioether (sulfide) groups is 1. The fourth-order valence-corrected chi connectivity index (χ4v) is 3.15. The van der Waals surface area contributed by atoms with Gasteiger partial charge in [-0.15, -0.1) is 10.2 Å². The second kappa shape index (κ2) is 6.31. The predicted octanol–water partition coefficient (Wildman–Crippen LogP) is 1.92. The third-order valence-electron chi connectivity index (χ3n) is 3.58. The van der Waals surface area contributed by atoms with Crippen LogP contribution in [0.15, 0.2) is 35.7 Å². The number of anilines is 1. The molecule has 1 aromatic carbocycles. The number of hydrogen-bond acceptors (Lipinski definition) is 5. The predicted molar refractivity (Wildman–Crippen MR) is 84.1 cm³/mol. The molecule has 0 N–H and O–H groups in total. The Morgan fingerprint density at radius 1 is 1.32 bits per heavy atom. The first-order chi connectivity index (χ1) is 10.6. The summed E-state index contributed by atoms with van der Waals surface area (Å²) in [6.45, 7) is 0.758. The van der Waals surface area contributed by atoms with E-state index in [1.165, 1.54) is 11.8 Å². The van der Waals surface area contributed by atoms with E-state index < -0.39 is 0 Å². The summed E-state index contributed by atoms with van der Waals surface area (Å²) in [7, 11) is 1.84.